The van der Waals surface area contributed by atoms with Gasteiger partial charge in [-0.2, -0.15) is 0 Å². The zero-order valence-corrected chi connectivity index (χ0v) is 15.0. The minimum absolute atomic E-state index is 0.222. The summed E-state index contributed by atoms with van der Waals surface area (Å²) in [6.45, 7) is 5.84. The fraction of sp³-hybridized carbons (Fsp3) is 0.579. The van der Waals surface area contributed by atoms with Crippen molar-refractivity contribution in [2.75, 3.05) is 37.6 Å². The van der Waals surface area contributed by atoms with Gasteiger partial charge >= 0.3 is 6.03 Å². The van der Waals surface area contributed by atoms with Crippen molar-refractivity contribution in [1.82, 2.24) is 15.5 Å². The molecule has 2 N–H and O–H groups in total. The highest BCUT2D eigenvalue weighted by molar-refractivity contribution is 5.95. The number of nitrogens with zero attached hydrogens (tertiary/aromatic N) is 2. The fourth-order valence-corrected chi connectivity index (χ4v) is 3.73. The lowest BCUT2D eigenvalue weighted by Gasteiger charge is -2.36. The Balaban J connectivity index is 1.40. The van der Waals surface area contributed by atoms with E-state index in [1.807, 2.05) is 0 Å². The first-order valence-corrected chi connectivity index (χ1v) is 9.25. The molecule has 1 saturated carbocycles. The standard InChI is InChI=1S/C19H28N4O2/c1-15-6-2-5-9-17(15)23-12-10-22(11-13-23)14-18(24)21-19(25)20-16-7-3-4-8-16/h2,5-6,9,16H,3-4,7-8,10-14H2,1H3,(H2,20,21,24,25). The van der Waals surface area contributed by atoms with E-state index in [-0.39, 0.29) is 24.5 Å². The van der Waals surface area contributed by atoms with Crippen molar-refractivity contribution in [3.63, 3.8) is 0 Å². The van der Waals surface area contributed by atoms with Crippen LogP contribution in [0.1, 0.15) is 31.2 Å². The maximum Gasteiger partial charge on any atom is 0.321 e. The molecule has 1 aromatic rings. The van der Waals surface area contributed by atoms with E-state index in [2.05, 4.69) is 51.6 Å². The molecule has 3 amide bonds. The molecule has 0 bridgehead atoms. The van der Waals surface area contributed by atoms with Crippen LogP contribution in [0.15, 0.2) is 24.3 Å². The van der Waals surface area contributed by atoms with Crippen molar-refractivity contribution < 1.29 is 9.59 Å². The first kappa shape index (κ1) is 17.7. The molecule has 0 atom stereocenters. The monoisotopic (exact) mass is 344 g/mol. The third-order valence-electron chi connectivity index (χ3n) is 5.14. The van der Waals surface area contributed by atoms with Crippen molar-refractivity contribution in [3.05, 3.63) is 29.8 Å². The van der Waals surface area contributed by atoms with Crippen LogP contribution in [0.5, 0.6) is 0 Å². The normalized spacial score (nSPS) is 19.0. The van der Waals surface area contributed by atoms with E-state index in [1.54, 1.807) is 0 Å². The van der Waals surface area contributed by atoms with Crippen LogP contribution in [0.25, 0.3) is 0 Å². The smallest absolute Gasteiger partial charge is 0.321 e. The van der Waals surface area contributed by atoms with Crippen molar-refractivity contribution in [3.8, 4) is 0 Å². The number of piperazine rings is 1. The van der Waals surface area contributed by atoms with Crippen LogP contribution in [0, 0.1) is 6.92 Å². The maximum absolute atomic E-state index is 12.1. The molecular weight excluding hydrogens is 316 g/mol. The van der Waals surface area contributed by atoms with E-state index in [9.17, 15) is 9.59 Å². The average Bonchev–Trinajstić information content (AvgIpc) is 3.09. The van der Waals surface area contributed by atoms with Gasteiger partial charge in [0.15, 0.2) is 0 Å². The molecular formula is C19H28N4O2. The van der Waals surface area contributed by atoms with Gasteiger partial charge < -0.3 is 10.2 Å². The van der Waals surface area contributed by atoms with E-state index >= 15 is 0 Å². The van der Waals surface area contributed by atoms with Gasteiger partial charge in [-0.15, -0.1) is 0 Å². The number of imide groups is 1. The van der Waals surface area contributed by atoms with Gasteiger partial charge in [-0.25, -0.2) is 4.79 Å². The summed E-state index contributed by atoms with van der Waals surface area (Å²) in [5, 5.41) is 5.35. The first-order valence-electron chi connectivity index (χ1n) is 9.25. The molecule has 2 fully saturated rings. The van der Waals surface area contributed by atoms with Crippen molar-refractivity contribution in [2.24, 2.45) is 0 Å². The van der Waals surface area contributed by atoms with E-state index < -0.39 is 0 Å². The number of para-hydroxylation sites is 1. The zero-order chi connectivity index (χ0) is 17.6. The van der Waals surface area contributed by atoms with Gasteiger partial charge in [0.25, 0.3) is 0 Å². The van der Waals surface area contributed by atoms with E-state index in [1.165, 1.54) is 11.3 Å². The summed E-state index contributed by atoms with van der Waals surface area (Å²) >= 11 is 0. The lowest BCUT2D eigenvalue weighted by molar-refractivity contribution is -0.121. The van der Waals surface area contributed by atoms with E-state index in [0.717, 1.165) is 51.9 Å². The average molecular weight is 344 g/mol. The second-order valence-corrected chi connectivity index (χ2v) is 7.05. The Morgan fingerprint density at radius 1 is 1.08 bits per heavy atom. The third kappa shape index (κ3) is 4.95. The predicted octanol–water partition coefficient (Wildman–Crippen LogP) is 1.89. The van der Waals surface area contributed by atoms with Gasteiger partial charge in [0.05, 0.1) is 6.54 Å². The molecule has 1 aliphatic heterocycles. The summed E-state index contributed by atoms with van der Waals surface area (Å²) in [4.78, 5) is 28.4. The molecule has 1 aromatic carbocycles. The van der Waals surface area contributed by atoms with Crippen molar-refractivity contribution in [1.29, 1.82) is 0 Å². The lowest BCUT2D eigenvalue weighted by atomic mass is 10.1. The van der Waals surface area contributed by atoms with Crippen molar-refractivity contribution >= 4 is 17.6 Å². The Bertz CT molecular complexity index is 605. The molecule has 0 aromatic heterocycles. The fourth-order valence-electron chi connectivity index (χ4n) is 3.73. The first-order chi connectivity index (χ1) is 12.1. The van der Waals surface area contributed by atoms with Crippen LogP contribution in [0.4, 0.5) is 10.5 Å². The Labute approximate surface area is 149 Å². The lowest BCUT2D eigenvalue weighted by Crippen LogP contribution is -2.51. The molecule has 2 aliphatic rings. The van der Waals surface area contributed by atoms with Gasteiger partial charge in [0.2, 0.25) is 5.91 Å². The highest BCUT2D eigenvalue weighted by Crippen LogP contribution is 2.20. The molecule has 0 unspecified atom stereocenters. The molecule has 3 rings (SSSR count). The van der Waals surface area contributed by atoms with Crippen LogP contribution in [0.2, 0.25) is 0 Å². The Hall–Kier alpha value is -2.08. The van der Waals surface area contributed by atoms with Gasteiger partial charge in [-0.05, 0) is 31.4 Å². The van der Waals surface area contributed by atoms with Gasteiger partial charge in [0.1, 0.15) is 0 Å². The number of hydrogen-bond donors (Lipinski definition) is 2. The summed E-state index contributed by atoms with van der Waals surface area (Å²) < 4.78 is 0. The number of carbonyl (C=O) groups is 2. The summed E-state index contributed by atoms with van der Waals surface area (Å²) in [7, 11) is 0. The second kappa shape index (κ2) is 8.34. The van der Waals surface area contributed by atoms with Crippen LogP contribution in [0.3, 0.4) is 0 Å². The number of rotatable bonds is 4. The number of carbonyl (C=O) groups excluding carboxylic acids is 2. The Kier molecular flexibility index (Phi) is 5.91. The van der Waals surface area contributed by atoms with Crippen molar-refractivity contribution in [2.45, 2.75) is 38.6 Å². The van der Waals surface area contributed by atoms with Gasteiger partial charge in [-0.1, -0.05) is 31.0 Å². The molecule has 25 heavy (non-hydrogen) atoms. The number of benzene rings is 1. The molecule has 1 saturated heterocycles. The van der Waals surface area contributed by atoms with Crippen LogP contribution >= 0.6 is 0 Å². The number of anilines is 1. The summed E-state index contributed by atoms with van der Waals surface area (Å²) in [6, 6.07) is 8.26. The zero-order valence-electron chi connectivity index (χ0n) is 15.0. The number of urea groups is 1. The minimum Gasteiger partial charge on any atom is -0.369 e. The number of amides is 3. The summed E-state index contributed by atoms with van der Waals surface area (Å²) in [5.74, 6) is -0.222. The summed E-state index contributed by atoms with van der Waals surface area (Å²) in [6.07, 6.45) is 4.35. The van der Waals surface area contributed by atoms with Crippen LogP contribution in [-0.2, 0) is 4.79 Å². The molecule has 6 nitrogen and oxygen atoms in total. The third-order valence-corrected chi connectivity index (χ3v) is 5.14. The van der Waals surface area contributed by atoms with Gasteiger partial charge in [-0.3, -0.25) is 15.0 Å². The maximum atomic E-state index is 12.1. The topological polar surface area (TPSA) is 64.7 Å². The molecule has 0 spiro atoms. The number of nitrogens with one attached hydrogen (secondary N) is 2. The number of aryl methyl sites for hydroxylation is 1. The van der Waals surface area contributed by atoms with Crippen LogP contribution in [-0.4, -0.2) is 55.6 Å². The number of hydrogen-bond acceptors (Lipinski definition) is 4. The predicted molar refractivity (Wildman–Crippen MR) is 98.8 cm³/mol. The van der Waals surface area contributed by atoms with Gasteiger partial charge in [0, 0.05) is 37.9 Å². The summed E-state index contributed by atoms with van der Waals surface area (Å²) in [5.41, 5.74) is 2.54. The van der Waals surface area contributed by atoms with E-state index in [0.29, 0.717) is 0 Å². The van der Waals surface area contributed by atoms with Crippen LogP contribution < -0.4 is 15.5 Å². The molecule has 1 aliphatic carbocycles. The largest absolute Gasteiger partial charge is 0.369 e. The Morgan fingerprint density at radius 3 is 2.44 bits per heavy atom. The highest BCUT2D eigenvalue weighted by atomic mass is 16.2. The minimum atomic E-state index is -0.351. The molecule has 1 heterocycles. The Morgan fingerprint density at radius 2 is 1.76 bits per heavy atom. The highest BCUT2D eigenvalue weighted by Gasteiger charge is 2.22. The molecule has 6 heteroatoms. The SMILES string of the molecule is Cc1ccccc1N1CCN(CC(=O)NC(=O)NC2CCCC2)CC1. The van der Waals surface area contributed by atoms with E-state index in [4.69, 9.17) is 0 Å². The molecule has 136 valence electrons. The quantitative estimate of drug-likeness (QED) is 0.875. The molecule has 0 radical (unpaired) electrons. The second-order valence-electron chi connectivity index (χ2n) is 7.05.